The number of morpholine rings is 1. The summed E-state index contributed by atoms with van der Waals surface area (Å²) in [6.07, 6.45) is 0.680. The number of nitrogens with zero attached hydrogens (tertiary/aromatic N) is 2. The van der Waals surface area contributed by atoms with Crippen LogP contribution in [0.25, 0.3) is 0 Å². The maximum Gasteiger partial charge on any atom is 0.414 e. The van der Waals surface area contributed by atoms with Gasteiger partial charge in [0.25, 0.3) is 0 Å². The van der Waals surface area contributed by atoms with E-state index in [4.69, 9.17) is 9.47 Å². The predicted octanol–water partition coefficient (Wildman–Crippen LogP) is 1.87. The molecule has 0 aromatic heterocycles. The van der Waals surface area contributed by atoms with Crippen LogP contribution >= 0.6 is 0 Å². The molecule has 3 heterocycles. The summed E-state index contributed by atoms with van der Waals surface area (Å²) in [6, 6.07) is 4.76. The first-order chi connectivity index (χ1) is 13.0. The fourth-order valence-corrected chi connectivity index (χ4v) is 3.84. The summed E-state index contributed by atoms with van der Waals surface area (Å²) in [7, 11) is 1.26. The number of methoxy groups -OCH3 is 1. The van der Waals surface area contributed by atoms with Gasteiger partial charge in [0.1, 0.15) is 11.9 Å². The van der Waals surface area contributed by atoms with Gasteiger partial charge in [0, 0.05) is 13.1 Å². The van der Waals surface area contributed by atoms with Gasteiger partial charge in [-0.3, -0.25) is 4.90 Å². The van der Waals surface area contributed by atoms with Crippen LogP contribution in [0.1, 0.15) is 12.8 Å². The number of rotatable bonds is 4. The first kappa shape index (κ1) is 17.8. The zero-order valence-corrected chi connectivity index (χ0v) is 15.0. The SMILES string of the molecule is COC(=O)NCC1CN(c2ccc(N3CC4CCC(C3)O4)c(F)c2)C(=O)O1. The van der Waals surface area contributed by atoms with Crippen molar-refractivity contribution in [3.05, 3.63) is 24.0 Å². The maximum atomic E-state index is 14.8. The molecule has 3 aliphatic heterocycles. The first-order valence-corrected chi connectivity index (χ1v) is 9.03. The molecule has 1 aromatic rings. The van der Waals surface area contributed by atoms with Gasteiger partial charge in [-0.25, -0.2) is 14.0 Å². The van der Waals surface area contributed by atoms with Crippen molar-refractivity contribution in [2.45, 2.75) is 31.2 Å². The molecule has 4 rings (SSSR count). The van der Waals surface area contributed by atoms with E-state index in [1.54, 1.807) is 12.1 Å². The number of ether oxygens (including phenoxy) is 3. The molecule has 3 atom stereocenters. The highest BCUT2D eigenvalue weighted by atomic mass is 19.1. The predicted molar refractivity (Wildman–Crippen MR) is 94.5 cm³/mol. The highest BCUT2D eigenvalue weighted by Crippen LogP contribution is 2.33. The van der Waals surface area contributed by atoms with Crippen molar-refractivity contribution < 1.29 is 28.2 Å². The Balaban J connectivity index is 1.43. The molecule has 2 bridgehead atoms. The Morgan fingerprint density at radius 3 is 2.70 bits per heavy atom. The highest BCUT2D eigenvalue weighted by molar-refractivity contribution is 5.90. The average molecular weight is 379 g/mol. The molecule has 0 saturated carbocycles. The van der Waals surface area contributed by atoms with Gasteiger partial charge in [0.15, 0.2) is 0 Å². The van der Waals surface area contributed by atoms with Crippen LogP contribution in [0.3, 0.4) is 0 Å². The quantitative estimate of drug-likeness (QED) is 0.860. The van der Waals surface area contributed by atoms with Crippen molar-refractivity contribution in [2.75, 3.05) is 43.1 Å². The van der Waals surface area contributed by atoms with E-state index < -0.39 is 18.3 Å². The number of cyclic esters (lactones) is 1. The average Bonchev–Trinajstić information content (AvgIpc) is 3.20. The van der Waals surface area contributed by atoms with E-state index in [-0.39, 0.29) is 31.1 Å². The van der Waals surface area contributed by atoms with Crippen molar-refractivity contribution in [3.8, 4) is 0 Å². The zero-order chi connectivity index (χ0) is 19.0. The van der Waals surface area contributed by atoms with E-state index in [1.807, 2.05) is 4.90 Å². The summed E-state index contributed by atoms with van der Waals surface area (Å²) in [5.74, 6) is -0.377. The Labute approximate surface area is 156 Å². The van der Waals surface area contributed by atoms with Crippen LogP contribution in [-0.4, -0.2) is 63.8 Å². The highest BCUT2D eigenvalue weighted by Gasteiger charge is 2.36. The number of anilines is 2. The summed E-state index contributed by atoms with van der Waals surface area (Å²) >= 11 is 0. The van der Waals surface area contributed by atoms with Crippen LogP contribution in [0.4, 0.5) is 25.4 Å². The minimum absolute atomic E-state index is 0.131. The van der Waals surface area contributed by atoms with Crippen LogP contribution in [0.5, 0.6) is 0 Å². The monoisotopic (exact) mass is 379 g/mol. The molecule has 146 valence electrons. The molecule has 0 aliphatic carbocycles. The standard InChI is InChI=1S/C18H22FN3O5/c1-25-17(23)20-7-14-10-22(18(24)27-14)11-2-5-16(15(19)6-11)21-8-12-3-4-13(9-21)26-12/h2,5-6,12-14H,3-4,7-10H2,1H3,(H,20,23). The lowest BCUT2D eigenvalue weighted by atomic mass is 10.2. The minimum atomic E-state index is -0.598. The topological polar surface area (TPSA) is 80.3 Å². The Morgan fingerprint density at radius 1 is 1.30 bits per heavy atom. The first-order valence-electron chi connectivity index (χ1n) is 9.03. The van der Waals surface area contributed by atoms with Gasteiger partial charge in [-0.2, -0.15) is 0 Å². The number of alkyl carbamates (subject to hydrolysis) is 1. The number of fused-ring (bicyclic) bond motifs is 2. The second-order valence-electron chi connectivity index (χ2n) is 6.99. The van der Waals surface area contributed by atoms with Gasteiger partial charge in [0.05, 0.1) is 43.8 Å². The molecule has 1 aromatic carbocycles. The van der Waals surface area contributed by atoms with Crippen molar-refractivity contribution in [3.63, 3.8) is 0 Å². The lowest BCUT2D eigenvalue weighted by Gasteiger charge is -2.34. The van der Waals surface area contributed by atoms with Gasteiger partial charge in [-0.05, 0) is 31.0 Å². The zero-order valence-electron chi connectivity index (χ0n) is 15.0. The summed E-state index contributed by atoms with van der Waals surface area (Å²) in [6.45, 7) is 1.72. The summed E-state index contributed by atoms with van der Waals surface area (Å²) in [5, 5.41) is 2.49. The largest absolute Gasteiger partial charge is 0.453 e. The molecule has 3 fully saturated rings. The molecule has 3 saturated heterocycles. The van der Waals surface area contributed by atoms with E-state index in [0.29, 0.717) is 24.5 Å². The van der Waals surface area contributed by atoms with Gasteiger partial charge in [0.2, 0.25) is 0 Å². The fraction of sp³-hybridized carbons (Fsp3) is 0.556. The van der Waals surface area contributed by atoms with E-state index in [1.165, 1.54) is 18.1 Å². The maximum absolute atomic E-state index is 14.8. The number of carbonyl (C=O) groups excluding carboxylic acids is 2. The van der Waals surface area contributed by atoms with Crippen molar-refractivity contribution >= 4 is 23.6 Å². The number of carbonyl (C=O) groups is 2. The molecule has 0 spiro atoms. The van der Waals surface area contributed by atoms with Crippen LogP contribution in [0.15, 0.2) is 18.2 Å². The molecule has 0 radical (unpaired) electrons. The van der Waals surface area contributed by atoms with Crippen molar-refractivity contribution in [2.24, 2.45) is 0 Å². The molecule has 9 heteroatoms. The lowest BCUT2D eigenvalue weighted by molar-refractivity contribution is 0.0303. The molecule has 2 amide bonds. The molecule has 3 aliphatic rings. The molecule has 3 unspecified atom stereocenters. The number of hydrogen-bond donors (Lipinski definition) is 1. The van der Waals surface area contributed by atoms with Crippen LogP contribution in [0.2, 0.25) is 0 Å². The van der Waals surface area contributed by atoms with Gasteiger partial charge < -0.3 is 24.4 Å². The number of nitrogens with one attached hydrogen (secondary N) is 1. The summed E-state index contributed by atoms with van der Waals surface area (Å²) < 4.78 is 30.2. The number of hydrogen-bond acceptors (Lipinski definition) is 6. The number of amides is 2. The van der Waals surface area contributed by atoms with Crippen molar-refractivity contribution in [1.29, 1.82) is 0 Å². The Hall–Kier alpha value is -2.55. The normalized spacial score (nSPS) is 26.9. The van der Waals surface area contributed by atoms with E-state index in [0.717, 1.165) is 12.8 Å². The van der Waals surface area contributed by atoms with Gasteiger partial charge in [-0.15, -0.1) is 0 Å². The third kappa shape index (κ3) is 3.64. The second kappa shape index (κ2) is 7.22. The smallest absolute Gasteiger partial charge is 0.414 e. The van der Waals surface area contributed by atoms with Gasteiger partial charge in [-0.1, -0.05) is 0 Å². The molecule has 8 nitrogen and oxygen atoms in total. The third-order valence-electron chi connectivity index (χ3n) is 5.16. The van der Waals surface area contributed by atoms with Crippen LogP contribution in [-0.2, 0) is 14.2 Å². The number of benzene rings is 1. The fourth-order valence-electron chi connectivity index (χ4n) is 3.84. The molecule has 27 heavy (non-hydrogen) atoms. The van der Waals surface area contributed by atoms with Crippen LogP contribution < -0.4 is 15.1 Å². The van der Waals surface area contributed by atoms with Crippen molar-refractivity contribution in [1.82, 2.24) is 5.32 Å². The lowest BCUT2D eigenvalue weighted by Crippen LogP contribution is -2.43. The van der Waals surface area contributed by atoms with Gasteiger partial charge >= 0.3 is 12.2 Å². The second-order valence-corrected chi connectivity index (χ2v) is 6.99. The van der Waals surface area contributed by atoms with E-state index in [2.05, 4.69) is 10.1 Å². The Kier molecular flexibility index (Phi) is 4.77. The Morgan fingerprint density at radius 2 is 2.04 bits per heavy atom. The Bertz CT molecular complexity index is 734. The molecular weight excluding hydrogens is 357 g/mol. The van der Waals surface area contributed by atoms with E-state index >= 15 is 0 Å². The minimum Gasteiger partial charge on any atom is -0.453 e. The number of halogens is 1. The van der Waals surface area contributed by atoms with Crippen LogP contribution in [0, 0.1) is 5.82 Å². The van der Waals surface area contributed by atoms with E-state index in [9.17, 15) is 14.0 Å². The molecule has 1 N–H and O–H groups in total. The third-order valence-corrected chi connectivity index (χ3v) is 5.16. The summed E-state index contributed by atoms with van der Waals surface area (Å²) in [5.41, 5.74) is 0.952. The summed E-state index contributed by atoms with van der Waals surface area (Å²) in [4.78, 5) is 26.6. The molecular formula is C18H22FN3O5.